The van der Waals surface area contributed by atoms with Gasteiger partial charge in [-0.3, -0.25) is 9.59 Å². The molecule has 0 aliphatic heterocycles. The minimum Gasteiger partial charge on any atom is -0.496 e. The molecule has 0 atom stereocenters. The Bertz CT molecular complexity index is 799. The molecule has 23 heavy (non-hydrogen) atoms. The molecule has 0 radical (unpaired) electrons. The summed E-state index contributed by atoms with van der Waals surface area (Å²) in [5, 5.41) is 3.88. The smallest absolute Gasteiger partial charge is 0.276 e. The van der Waals surface area contributed by atoms with Crippen molar-refractivity contribution in [2.75, 3.05) is 7.11 Å². The van der Waals surface area contributed by atoms with Gasteiger partial charge in [0.25, 0.3) is 11.5 Å². The van der Waals surface area contributed by atoms with Crippen LogP contribution >= 0.6 is 15.9 Å². The Hall–Kier alpha value is -2.41. The average molecular weight is 378 g/mol. The molecule has 0 bridgehead atoms. The predicted octanol–water partition coefficient (Wildman–Crippen LogP) is 2.40. The molecule has 1 amide bonds. The maximum absolute atomic E-state index is 12.0. The Labute approximate surface area is 141 Å². The van der Waals surface area contributed by atoms with E-state index in [2.05, 4.69) is 26.5 Å². The average Bonchev–Trinajstić information content (AvgIpc) is 2.55. The molecule has 0 saturated carbocycles. The molecule has 120 valence electrons. The van der Waals surface area contributed by atoms with Crippen molar-refractivity contribution in [1.29, 1.82) is 0 Å². The van der Waals surface area contributed by atoms with E-state index in [0.717, 1.165) is 10.0 Å². The Morgan fingerprint density at radius 3 is 2.87 bits per heavy atom. The zero-order chi connectivity index (χ0) is 16.8. The van der Waals surface area contributed by atoms with Gasteiger partial charge < -0.3 is 9.30 Å². The maximum Gasteiger partial charge on any atom is 0.276 e. The van der Waals surface area contributed by atoms with Crippen LogP contribution in [0.3, 0.4) is 0 Å². The molecule has 0 aliphatic rings. The second-order valence-electron chi connectivity index (χ2n) is 4.61. The summed E-state index contributed by atoms with van der Waals surface area (Å²) in [6, 6.07) is 8.52. The van der Waals surface area contributed by atoms with Crippen LogP contribution in [-0.2, 0) is 6.54 Å². The number of ether oxygens (including phenoxy) is 1. The van der Waals surface area contributed by atoms with E-state index in [1.165, 1.54) is 16.8 Å². The van der Waals surface area contributed by atoms with Crippen molar-refractivity contribution >= 4 is 28.1 Å². The van der Waals surface area contributed by atoms with Crippen molar-refractivity contribution in [2.45, 2.75) is 13.5 Å². The number of benzene rings is 1. The third kappa shape index (κ3) is 4.07. The minimum atomic E-state index is -0.540. The summed E-state index contributed by atoms with van der Waals surface area (Å²) in [7, 11) is 1.58. The number of aromatic nitrogens is 1. The first-order valence-corrected chi connectivity index (χ1v) is 7.72. The number of hydrazone groups is 1. The van der Waals surface area contributed by atoms with Gasteiger partial charge in [0.15, 0.2) is 0 Å². The summed E-state index contributed by atoms with van der Waals surface area (Å²) in [6.07, 6.45) is 3.13. The molecule has 0 fully saturated rings. The van der Waals surface area contributed by atoms with Crippen LogP contribution in [0.1, 0.15) is 22.8 Å². The van der Waals surface area contributed by atoms with Crippen LogP contribution in [0.2, 0.25) is 0 Å². The van der Waals surface area contributed by atoms with Gasteiger partial charge in [-0.1, -0.05) is 0 Å². The van der Waals surface area contributed by atoms with Gasteiger partial charge in [0.1, 0.15) is 11.3 Å². The fraction of sp³-hybridized carbons (Fsp3) is 0.188. The summed E-state index contributed by atoms with van der Waals surface area (Å²) in [5.41, 5.74) is 2.85. The molecular formula is C16H16BrN3O3. The van der Waals surface area contributed by atoms with E-state index in [0.29, 0.717) is 12.3 Å². The lowest BCUT2D eigenvalue weighted by Crippen LogP contribution is -2.30. The molecule has 1 aromatic heterocycles. The molecule has 2 rings (SSSR count). The topological polar surface area (TPSA) is 72.7 Å². The van der Waals surface area contributed by atoms with E-state index in [-0.39, 0.29) is 11.1 Å². The number of hydrogen-bond acceptors (Lipinski definition) is 4. The highest BCUT2D eigenvalue weighted by Crippen LogP contribution is 2.24. The quantitative estimate of drug-likeness (QED) is 0.642. The number of amides is 1. The number of pyridine rings is 1. The lowest BCUT2D eigenvalue weighted by Gasteiger charge is -2.04. The monoisotopic (exact) mass is 377 g/mol. The van der Waals surface area contributed by atoms with Gasteiger partial charge in [0.2, 0.25) is 0 Å². The normalized spacial score (nSPS) is 10.7. The van der Waals surface area contributed by atoms with Crippen LogP contribution in [0, 0.1) is 0 Å². The highest BCUT2D eigenvalue weighted by atomic mass is 79.9. The number of halogens is 1. The maximum atomic E-state index is 12.0. The predicted molar refractivity (Wildman–Crippen MR) is 92.1 cm³/mol. The number of methoxy groups -OCH3 is 1. The minimum absolute atomic E-state index is 0.0578. The second kappa shape index (κ2) is 7.73. The molecule has 1 N–H and O–H groups in total. The van der Waals surface area contributed by atoms with Crippen LogP contribution in [0.5, 0.6) is 5.75 Å². The van der Waals surface area contributed by atoms with E-state index < -0.39 is 5.91 Å². The molecule has 0 spiro atoms. The van der Waals surface area contributed by atoms with Crippen LogP contribution in [0.4, 0.5) is 0 Å². The Balaban J connectivity index is 2.10. The zero-order valence-electron chi connectivity index (χ0n) is 12.7. The third-order valence-corrected chi connectivity index (χ3v) is 3.78. The van der Waals surface area contributed by atoms with Gasteiger partial charge in [-0.25, -0.2) is 5.43 Å². The molecule has 0 unspecified atom stereocenters. The van der Waals surface area contributed by atoms with E-state index >= 15 is 0 Å². The van der Waals surface area contributed by atoms with Gasteiger partial charge in [-0.2, -0.15) is 5.10 Å². The van der Waals surface area contributed by atoms with Gasteiger partial charge in [-0.15, -0.1) is 0 Å². The number of aryl methyl sites for hydroxylation is 1. The van der Waals surface area contributed by atoms with Crippen LogP contribution < -0.4 is 15.7 Å². The lowest BCUT2D eigenvalue weighted by atomic mass is 10.2. The van der Waals surface area contributed by atoms with E-state index in [1.54, 1.807) is 37.6 Å². The summed E-state index contributed by atoms with van der Waals surface area (Å²) >= 11 is 3.37. The number of carbonyl (C=O) groups excluding carboxylic acids is 1. The summed E-state index contributed by atoms with van der Waals surface area (Å²) in [5.74, 6) is 0.164. The number of nitrogens with zero attached hydrogens (tertiary/aromatic N) is 2. The number of carbonyl (C=O) groups is 1. The molecule has 6 nitrogen and oxygen atoms in total. The lowest BCUT2D eigenvalue weighted by molar-refractivity contribution is 0.0953. The second-order valence-corrected chi connectivity index (χ2v) is 5.46. The number of rotatable bonds is 5. The first-order chi connectivity index (χ1) is 11.1. The van der Waals surface area contributed by atoms with Crippen molar-refractivity contribution in [1.82, 2.24) is 9.99 Å². The first-order valence-electron chi connectivity index (χ1n) is 6.93. The molecular weight excluding hydrogens is 362 g/mol. The third-order valence-electron chi connectivity index (χ3n) is 3.16. The van der Waals surface area contributed by atoms with Gasteiger partial charge in [0.05, 0.1) is 17.8 Å². The van der Waals surface area contributed by atoms with E-state index in [9.17, 15) is 9.59 Å². The van der Waals surface area contributed by atoms with Crippen LogP contribution in [0.15, 0.2) is 50.9 Å². The first kappa shape index (κ1) is 17.0. The largest absolute Gasteiger partial charge is 0.496 e. The Kier molecular flexibility index (Phi) is 5.70. The molecule has 0 saturated heterocycles. The summed E-state index contributed by atoms with van der Waals surface area (Å²) < 4.78 is 7.38. The van der Waals surface area contributed by atoms with E-state index in [1.807, 2.05) is 6.92 Å². The summed E-state index contributed by atoms with van der Waals surface area (Å²) in [4.78, 5) is 24.0. The standard InChI is InChI=1S/C16H16BrN3O3/c1-3-20-8-4-5-12(16(20)22)15(21)19-18-10-11-6-7-14(23-2)13(17)9-11/h4-10H,3H2,1-2H3,(H,19,21)/b18-10-. The number of nitrogens with one attached hydrogen (secondary N) is 1. The van der Waals surface area contributed by atoms with Gasteiger partial charge in [-0.05, 0) is 58.7 Å². The summed E-state index contributed by atoms with van der Waals surface area (Å²) in [6.45, 7) is 2.34. The van der Waals surface area contributed by atoms with Crippen molar-refractivity contribution in [3.63, 3.8) is 0 Å². The Morgan fingerprint density at radius 2 is 2.22 bits per heavy atom. The van der Waals surface area contributed by atoms with Crippen LogP contribution in [-0.4, -0.2) is 23.8 Å². The molecule has 2 aromatic rings. The SMILES string of the molecule is CCn1cccc(C(=O)N/N=C\c2ccc(OC)c(Br)c2)c1=O. The molecule has 1 aromatic carbocycles. The van der Waals surface area contributed by atoms with Crippen LogP contribution in [0.25, 0.3) is 0 Å². The van der Waals surface area contributed by atoms with Crippen molar-refractivity contribution in [2.24, 2.45) is 5.10 Å². The van der Waals surface area contributed by atoms with Crippen molar-refractivity contribution in [3.8, 4) is 5.75 Å². The van der Waals surface area contributed by atoms with E-state index in [4.69, 9.17) is 4.74 Å². The fourth-order valence-electron chi connectivity index (χ4n) is 1.95. The van der Waals surface area contributed by atoms with Gasteiger partial charge >= 0.3 is 0 Å². The van der Waals surface area contributed by atoms with Crippen molar-refractivity contribution < 1.29 is 9.53 Å². The van der Waals surface area contributed by atoms with Crippen molar-refractivity contribution in [3.05, 3.63) is 62.5 Å². The molecule has 1 heterocycles. The number of hydrogen-bond donors (Lipinski definition) is 1. The van der Waals surface area contributed by atoms with Gasteiger partial charge in [0, 0.05) is 12.7 Å². The highest BCUT2D eigenvalue weighted by molar-refractivity contribution is 9.10. The Morgan fingerprint density at radius 1 is 1.43 bits per heavy atom. The highest BCUT2D eigenvalue weighted by Gasteiger charge is 2.10. The zero-order valence-corrected chi connectivity index (χ0v) is 14.3. The fourth-order valence-corrected chi connectivity index (χ4v) is 2.51. The molecule has 0 aliphatic carbocycles. The molecule has 7 heteroatoms.